The minimum absolute atomic E-state index is 0.0190. The van der Waals surface area contributed by atoms with Gasteiger partial charge in [0.25, 0.3) is 0 Å². The summed E-state index contributed by atoms with van der Waals surface area (Å²) < 4.78 is 5.65. The summed E-state index contributed by atoms with van der Waals surface area (Å²) in [6.45, 7) is 0.381. The largest absolute Gasteiger partial charge is 0.478 e. The maximum Gasteiger partial charge on any atom is 0.337 e. The van der Waals surface area contributed by atoms with Crippen molar-refractivity contribution in [2.45, 2.75) is 6.42 Å². The second-order valence-corrected chi connectivity index (χ2v) is 5.03. The zero-order valence-electron chi connectivity index (χ0n) is 10.9. The number of halogens is 1. The van der Waals surface area contributed by atoms with E-state index in [2.05, 4.69) is 26.6 Å². The number of amides is 2. The van der Waals surface area contributed by atoms with Gasteiger partial charge in [-0.15, -0.1) is 0 Å². The van der Waals surface area contributed by atoms with Crippen molar-refractivity contribution in [2.75, 3.05) is 11.9 Å². The molecule has 3 N–H and O–H groups in total. The number of carbonyl (C=O) groups is 2. The first-order valence-corrected chi connectivity index (χ1v) is 6.96. The number of nitrogens with one attached hydrogen (secondary N) is 2. The van der Waals surface area contributed by atoms with Gasteiger partial charge in [0.1, 0.15) is 5.76 Å². The molecule has 0 saturated carbocycles. The van der Waals surface area contributed by atoms with Gasteiger partial charge < -0.3 is 20.2 Å². The molecule has 2 aromatic rings. The molecule has 1 aromatic heterocycles. The second kappa shape index (κ2) is 6.94. The molecule has 0 aliphatic carbocycles. The number of urea groups is 1. The van der Waals surface area contributed by atoms with Crippen LogP contribution in [0.4, 0.5) is 10.5 Å². The third-order valence-corrected chi connectivity index (χ3v) is 3.38. The quantitative estimate of drug-likeness (QED) is 0.770. The predicted octanol–water partition coefficient (Wildman–Crippen LogP) is 3.10. The van der Waals surface area contributed by atoms with Gasteiger partial charge in [-0.3, -0.25) is 0 Å². The average Bonchev–Trinajstić information content (AvgIpc) is 2.94. The summed E-state index contributed by atoms with van der Waals surface area (Å²) >= 11 is 3.22. The lowest BCUT2D eigenvalue weighted by atomic mass is 10.2. The van der Waals surface area contributed by atoms with E-state index >= 15 is 0 Å². The van der Waals surface area contributed by atoms with E-state index in [0.29, 0.717) is 17.4 Å². The molecule has 0 spiro atoms. The van der Waals surface area contributed by atoms with Crippen LogP contribution in [0.5, 0.6) is 0 Å². The molecule has 21 heavy (non-hydrogen) atoms. The van der Waals surface area contributed by atoms with Crippen molar-refractivity contribution in [3.63, 3.8) is 0 Å². The molecule has 0 unspecified atom stereocenters. The molecule has 0 bridgehead atoms. The molecule has 110 valence electrons. The third-order valence-electron chi connectivity index (χ3n) is 2.72. The summed E-state index contributed by atoms with van der Waals surface area (Å²) in [6.07, 6.45) is 2.12. The van der Waals surface area contributed by atoms with Crippen LogP contribution in [0.25, 0.3) is 0 Å². The van der Waals surface area contributed by atoms with Gasteiger partial charge in [-0.25, -0.2) is 9.59 Å². The number of benzene rings is 1. The molecule has 1 heterocycles. The molecular formula is C14H13BrN2O4. The summed E-state index contributed by atoms with van der Waals surface area (Å²) in [5.74, 6) is -0.343. The normalized spacial score (nSPS) is 10.1. The Kier molecular flexibility index (Phi) is 4.99. The monoisotopic (exact) mass is 352 g/mol. The van der Waals surface area contributed by atoms with Gasteiger partial charge in [0, 0.05) is 17.4 Å². The number of carboxylic acids is 1. The Balaban J connectivity index is 1.95. The van der Waals surface area contributed by atoms with E-state index in [1.807, 2.05) is 6.07 Å². The average molecular weight is 353 g/mol. The summed E-state index contributed by atoms with van der Waals surface area (Å²) in [5, 5.41) is 14.3. The van der Waals surface area contributed by atoms with E-state index in [4.69, 9.17) is 9.52 Å². The Morgan fingerprint density at radius 3 is 2.71 bits per heavy atom. The van der Waals surface area contributed by atoms with Crippen LogP contribution in [0.15, 0.2) is 45.5 Å². The number of hydrogen-bond acceptors (Lipinski definition) is 3. The maximum atomic E-state index is 11.8. The van der Waals surface area contributed by atoms with E-state index in [9.17, 15) is 9.59 Å². The molecule has 6 nitrogen and oxygen atoms in total. The Morgan fingerprint density at radius 2 is 2.05 bits per heavy atom. The summed E-state index contributed by atoms with van der Waals surface area (Å²) in [6, 6.07) is 7.78. The summed E-state index contributed by atoms with van der Waals surface area (Å²) in [5.41, 5.74) is 0.242. The number of anilines is 1. The lowest BCUT2D eigenvalue weighted by Gasteiger charge is -2.11. The molecule has 0 saturated heterocycles. The molecule has 0 aliphatic rings. The van der Waals surface area contributed by atoms with Crippen LogP contribution in [0.1, 0.15) is 16.1 Å². The van der Waals surface area contributed by atoms with E-state index < -0.39 is 12.0 Å². The lowest BCUT2D eigenvalue weighted by Crippen LogP contribution is -2.31. The van der Waals surface area contributed by atoms with Crippen LogP contribution in [0.2, 0.25) is 0 Å². The van der Waals surface area contributed by atoms with Gasteiger partial charge in [0.15, 0.2) is 0 Å². The van der Waals surface area contributed by atoms with Crippen molar-refractivity contribution in [1.82, 2.24) is 5.32 Å². The van der Waals surface area contributed by atoms with Crippen LogP contribution >= 0.6 is 15.9 Å². The van der Waals surface area contributed by atoms with Crippen molar-refractivity contribution in [2.24, 2.45) is 0 Å². The third kappa shape index (κ3) is 4.09. The van der Waals surface area contributed by atoms with Gasteiger partial charge >= 0.3 is 12.0 Å². The number of carboxylic acid groups (broad SMARTS) is 1. The van der Waals surface area contributed by atoms with Gasteiger partial charge in [-0.1, -0.05) is 6.07 Å². The first-order valence-electron chi connectivity index (χ1n) is 6.17. The predicted molar refractivity (Wildman–Crippen MR) is 80.5 cm³/mol. The van der Waals surface area contributed by atoms with Gasteiger partial charge in [0.2, 0.25) is 0 Å². The second-order valence-electron chi connectivity index (χ2n) is 4.18. The molecule has 7 heteroatoms. The Morgan fingerprint density at radius 1 is 1.24 bits per heavy atom. The minimum Gasteiger partial charge on any atom is -0.478 e. The minimum atomic E-state index is -1.11. The van der Waals surface area contributed by atoms with Gasteiger partial charge in [-0.2, -0.15) is 0 Å². The van der Waals surface area contributed by atoms with Crippen LogP contribution < -0.4 is 10.6 Å². The Hall–Kier alpha value is -2.28. The SMILES string of the molecule is O=C(NCCc1ccco1)Nc1c(Br)cccc1C(=O)O. The fraction of sp³-hybridized carbons (Fsp3) is 0.143. The Bertz CT molecular complexity index is 640. The summed E-state index contributed by atoms with van der Waals surface area (Å²) in [4.78, 5) is 22.9. The molecule has 2 amide bonds. The number of para-hydroxylation sites is 1. The van der Waals surface area contributed by atoms with Crippen LogP contribution in [-0.2, 0) is 6.42 Å². The van der Waals surface area contributed by atoms with Crippen molar-refractivity contribution in [1.29, 1.82) is 0 Å². The molecule has 0 fully saturated rings. The molecule has 0 atom stereocenters. The molecule has 0 radical (unpaired) electrons. The van der Waals surface area contributed by atoms with Gasteiger partial charge in [-0.05, 0) is 40.2 Å². The molecular weight excluding hydrogens is 340 g/mol. The lowest BCUT2D eigenvalue weighted by molar-refractivity contribution is 0.0698. The van der Waals surface area contributed by atoms with Crippen molar-refractivity contribution < 1.29 is 19.1 Å². The highest BCUT2D eigenvalue weighted by Gasteiger charge is 2.14. The smallest absolute Gasteiger partial charge is 0.337 e. The van der Waals surface area contributed by atoms with E-state index in [1.54, 1.807) is 24.5 Å². The molecule has 0 aliphatic heterocycles. The van der Waals surface area contributed by atoms with Crippen molar-refractivity contribution in [3.8, 4) is 0 Å². The summed E-state index contributed by atoms with van der Waals surface area (Å²) in [7, 11) is 0. The fourth-order valence-electron chi connectivity index (χ4n) is 1.74. The number of hydrogen-bond donors (Lipinski definition) is 3. The van der Waals surface area contributed by atoms with E-state index in [0.717, 1.165) is 5.76 Å². The number of carbonyl (C=O) groups excluding carboxylic acids is 1. The van der Waals surface area contributed by atoms with E-state index in [1.165, 1.54) is 6.07 Å². The van der Waals surface area contributed by atoms with Gasteiger partial charge in [0.05, 0.1) is 17.5 Å². The van der Waals surface area contributed by atoms with Crippen LogP contribution in [0, 0.1) is 0 Å². The van der Waals surface area contributed by atoms with Crippen LogP contribution in [0.3, 0.4) is 0 Å². The highest BCUT2D eigenvalue weighted by Crippen LogP contribution is 2.26. The first kappa shape index (κ1) is 15.1. The molecule has 1 aromatic carbocycles. The highest BCUT2D eigenvalue weighted by atomic mass is 79.9. The van der Waals surface area contributed by atoms with Crippen molar-refractivity contribution >= 4 is 33.6 Å². The zero-order valence-corrected chi connectivity index (χ0v) is 12.5. The topological polar surface area (TPSA) is 91.6 Å². The number of aromatic carboxylic acids is 1. The first-order chi connectivity index (χ1) is 10.1. The number of rotatable bonds is 5. The maximum absolute atomic E-state index is 11.8. The van der Waals surface area contributed by atoms with E-state index in [-0.39, 0.29) is 11.3 Å². The zero-order chi connectivity index (χ0) is 15.2. The fourth-order valence-corrected chi connectivity index (χ4v) is 2.21. The van der Waals surface area contributed by atoms with Crippen molar-refractivity contribution in [3.05, 3.63) is 52.4 Å². The highest BCUT2D eigenvalue weighted by molar-refractivity contribution is 9.10. The standard InChI is InChI=1S/C14H13BrN2O4/c15-11-5-1-4-10(13(18)19)12(11)17-14(20)16-7-6-9-3-2-8-21-9/h1-5,8H,6-7H2,(H,18,19)(H2,16,17,20). The number of furan rings is 1. The van der Waals surface area contributed by atoms with Crippen LogP contribution in [-0.4, -0.2) is 23.7 Å². The molecule has 2 rings (SSSR count). The Labute approximate surface area is 129 Å².